The first kappa shape index (κ1) is 15.9. The second-order valence-corrected chi connectivity index (χ2v) is 5.53. The Hall–Kier alpha value is -2.96. The summed E-state index contributed by atoms with van der Waals surface area (Å²) in [6.45, 7) is 3.65. The van der Waals surface area contributed by atoms with Gasteiger partial charge < -0.3 is 10.1 Å². The number of aryl methyl sites for hydroxylation is 3. The summed E-state index contributed by atoms with van der Waals surface area (Å²) in [6, 6.07) is 7.45. The van der Waals surface area contributed by atoms with E-state index >= 15 is 0 Å². The van der Waals surface area contributed by atoms with Gasteiger partial charge in [0.25, 0.3) is 5.91 Å². The van der Waals surface area contributed by atoms with Gasteiger partial charge in [0, 0.05) is 24.2 Å². The van der Waals surface area contributed by atoms with Crippen molar-refractivity contribution in [3.63, 3.8) is 0 Å². The second kappa shape index (κ2) is 6.27. The molecule has 1 aromatic carbocycles. The van der Waals surface area contributed by atoms with Crippen molar-refractivity contribution in [2.75, 3.05) is 11.9 Å². The van der Waals surface area contributed by atoms with Crippen LogP contribution in [0.3, 0.4) is 0 Å². The molecule has 1 amide bonds. The number of carbonyl (C=O) groups is 1. The topological polar surface area (TPSA) is 69.0 Å². The van der Waals surface area contributed by atoms with Gasteiger partial charge in [-0.25, -0.2) is 4.39 Å². The van der Waals surface area contributed by atoms with E-state index in [1.165, 1.54) is 18.2 Å². The molecule has 0 aliphatic carbocycles. The van der Waals surface area contributed by atoms with Crippen LogP contribution in [0.1, 0.15) is 11.3 Å². The van der Waals surface area contributed by atoms with Gasteiger partial charge in [-0.1, -0.05) is 6.07 Å². The Balaban J connectivity index is 1.71. The summed E-state index contributed by atoms with van der Waals surface area (Å²) in [6.07, 6.45) is 0. The molecule has 24 heavy (non-hydrogen) atoms. The lowest BCUT2D eigenvalue weighted by Gasteiger charge is -2.08. The number of hydrogen-bond acceptors (Lipinski definition) is 4. The summed E-state index contributed by atoms with van der Waals surface area (Å²) in [5, 5.41) is 7.89. The quantitative estimate of drug-likeness (QED) is 0.799. The number of rotatable bonds is 4. The second-order valence-electron chi connectivity index (χ2n) is 5.53. The lowest BCUT2D eigenvalue weighted by Crippen LogP contribution is -2.20. The molecular weight excluding hydrogens is 311 g/mol. The molecule has 0 saturated heterocycles. The van der Waals surface area contributed by atoms with Crippen LogP contribution >= 0.6 is 0 Å². The van der Waals surface area contributed by atoms with Crippen LogP contribution in [0.15, 0.2) is 30.3 Å². The maximum absolute atomic E-state index is 13.1. The fourth-order valence-corrected chi connectivity index (χ4v) is 2.61. The fraction of sp³-hybridized carbons (Fsp3) is 0.235. The molecule has 0 aliphatic heterocycles. The molecule has 3 rings (SSSR count). The maximum Gasteiger partial charge on any atom is 0.262 e. The van der Waals surface area contributed by atoms with Crippen molar-refractivity contribution in [2.45, 2.75) is 13.8 Å². The van der Waals surface area contributed by atoms with Gasteiger partial charge in [0.05, 0.1) is 5.69 Å². The van der Waals surface area contributed by atoms with Crippen LogP contribution in [-0.2, 0) is 11.8 Å². The summed E-state index contributed by atoms with van der Waals surface area (Å²) < 4.78 is 20.2. The lowest BCUT2D eigenvalue weighted by atomic mass is 10.2. The minimum Gasteiger partial charge on any atom is -0.467 e. The number of pyridine rings is 1. The number of amides is 1. The highest BCUT2D eigenvalue weighted by Gasteiger charge is 2.12. The van der Waals surface area contributed by atoms with Crippen LogP contribution in [0.2, 0.25) is 0 Å². The molecule has 0 atom stereocenters. The highest BCUT2D eigenvalue weighted by Crippen LogP contribution is 2.23. The summed E-state index contributed by atoms with van der Waals surface area (Å²) in [7, 11) is 1.81. The van der Waals surface area contributed by atoms with Crippen LogP contribution in [0.5, 0.6) is 5.88 Å². The monoisotopic (exact) mass is 328 g/mol. The third kappa shape index (κ3) is 3.19. The van der Waals surface area contributed by atoms with Crippen LogP contribution in [-0.4, -0.2) is 27.3 Å². The summed E-state index contributed by atoms with van der Waals surface area (Å²) in [4.78, 5) is 16.3. The molecule has 0 spiro atoms. The molecule has 0 bridgehead atoms. The van der Waals surface area contributed by atoms with E-state index in [-0.39, 0.29) is 12.5 Å². The van der Waals surface area contributed by atoms with Gasteiger partial charge in [-0.15, -0.1) is 0 Å². The molecule has 2 aromatic heterocycles. The molecular formula is C17H17FN4O2. The average molecular weight is 328 g/mol. The van der Waals surface area contributed by atoms with Gasteiger partial charge in [0.2, 0.25) is 5.88 Å². The highest BCUT2D eigenvalue weighted by atomic mass is 19.1. The molecule has 124 valence electrons. The molecule has 3 aromatic rings. The lowest BCUT2D eigenvalue weighted by molar-refractivity contribution is -0.118. The minimum atomic E-state index is -0.414. The molecule has 0 radical (unpaired) electrons. The van der Waals surface area contributed by atoms with Crippen molar-refractivity contribution in [1.82, 2.24) is 14.8 Å². The number of nitrogens with zero attached hydrogens (tertiary/aromatic N) is 3. The SMILES string of the molecule is Cc1cc(OCC(=O)Nc2cccc(F)c2)nc2c1c(C)nn2C. The normalized spacial score (nSPS) is 10.8. The summed E-state index contributed by atoms with van der Waals surface area (Å²) in [5.41, 5.74) is 2.96. The summed E-state index contributed by atoms with van der Waals surface area (Å²) >= 11 is 0. The number of benzene rings is 1. The molecule has 0 saturated carbocycles. The van der Waals surface area contributed by atoms with Crippen molar-refractivity contribution in [3.8, 4) is 5.88 Å². The number of ether oxygens (including phenoxy) is 1. The van der Waals surface area contributed by atoms with Gasteiger partial charge >= 0.3 is 0 Å². The van der Waals surface area contributed by atoms with Crippen molar-refractivity contribution in [2.24, 2.45) is 7.05 Å². The zero-order chi connectivity index (χ0) is 17.3. The largest absolute Gasteiger partial charge is 0.467 e. The smallest absolute Gasteiger partial charge is 0.262 e. The average Bonchev–Trinajstić information content (AvgIpc) is 2.80. The Morgan fingerprint density at radius 3 is 2.88 bits per heavy atom. The fourth-order valence-electron chi connectivity index (χ4n) is 2.61. The first-order valence-electron chi connectivity index (χ1n) is 7.43. The first-order valence-corrected chi connectivity index (χ1v) is 7.43. The molecule has 6 nitrogen and oxygen atoms in total. The zero-order valence-electron chi connectivity index (χ0n) is 13.6. The Morgan fingerprint density at radius 1 is 1.33 bits per heavy atom. The number of anilines is 1. The van der Waals surface area contributed by atoms with Gasteiger partial charge in [-0.2, -0.15) is 10.1 Å². The van der Waals surface area contributed by atoms with E-state index in [1.54, 1.807) is 16.8 Å². The van der Waals surface area contributed by atoms with E-state index in [1.807, 2.05) is 20.9 Å². The Kier molecular flexibility index (Phi) is 4.16. The molecule has 1 N–H and O–H groups in total. The van der Waals surface area contributed by atoms with E-state index in [4.69, 9.17) is 4.74 Å². The molecule has 0 unspecified atom stereocenters. The molecule has 2 heterocycles. The predicted molar refractivity (Wildman–Crippen MR) is 88.5 cm³/mol. The maximum atomic E-state index is 13.1. The number of halogens is 1. The Bertz CT molecular complexity index is 920. The molecule has 7 heteroatoms. The van der Waals surface area contributed by atoms with Gasteiger partial charge in [0.1, 0.15) is 5.82 Å². The van der Waals surface area contributed by atoms with Crippen molar-refractivity contribution >= 4 is 22.6 Å². The van der Waals surface area contributed by atoms with Crippen molar-refractivity contribution in [3.05, 3.63) is 47.4 Å². The van der Waals surface area contributed by atoms with Crippen LogP contribution in [0.25, 0.3) is 11.0 Å². The van der Waals surface area contributed by atoms with Crippen molar-refractivity contribution in [1.29, 1.82) is 0 Å². The first-order chi connectivity index (χ1) is 11.4. The van der Waals surface area contributed by atoms with Crippen molar-refractivity contribution < 1.29 is 13.9 Å². The van der Waals surface area contributed by atoms with Gasteiger partial charge in [0.15, 0.2) is 12.3 Å². The zero-order valence-corrected chi connectivity index (χ0v) is 13.6. The van der Waals surface area contributed by atoms with E-state index < -0.39 is 5.82 Å². The molecule has 0 aliphatic rings. The number of fused-ring (bicyclic) bond motifs is 1. The number of aromatic nitrogens is 3. The highest BCUT2D eigenvalue weighted by molar-refractivity contribution is 5.91. The summed E-state index contributed by atoms with van der Waals surface area (Å²) in [5.74, 6) is -0.457. The Morgan fingerprint density at radius 2 is 2.12 bits per heavy atom. The molecule has 0 fully saturated rings. The van der Waals surface area contributed by atoms with Gasteiger partial charge in [-0.05, 0) is 37.6 Å². The Labute approximate surface area is 138 Å². The van der Waals surface area contributed by atoms with E-state index in [2.05, 4.69) is 15.4 Å². The standard InChI is InChI=1S/C17H17FN4O2/c1-10-7-15(20-17-16(10)11(2)21-22(17)3)24-9-14(23)19-13-6-4-5-12(18)8-13/h4-8H,9H2,1-3H3,(H,19,23). The number of hydrogen-bond donors (Lipinski definition) is 1. The third-order valence-electron chi connectivity index (χ3n) is 3.60. The number of carbonyl (C=O) groups excluding carboxylic acids is 1. The number of nitrogens with one attached hydrogen (secondary N) is 1. The van der Waals surface area contributed by atoms with E-state index in [0.717, 1.165) is 16.6 Å². The van der Waals surface area contributed by atoms with Crippen LogP contribution < -0.4 is 10.1 Å². The predicted octanol–water partition coefficient (Wildman–Crippen LogP) is 2.74. The van der Waals surface area contributed by atoms with E-state index in [0.29, 0.717) is 17.2 Å². The van der Waals surface area contributed by atoms with Crippen LogP contribution in [0.4, 0.5) is 10.1 Å². The van der Waals surface area contributed by atoms with Crippen LogP contribution in [0, 0.1) is 19.7 Å². The third-order valence-corrected chi connectivity index (χ3v) is 3.60. The minimum absolute atomic E-state index is 0.217. The van der Waals surface area contributed by atoms with E-state index in [9.17, 15) is 9.18 Å². The van der Waals surface area contributed by atoms with Gasteiger partial charge in [-0.3, -0.25) is 9.48 Å².